The summed E-state index contributed by atoms with van der Waals surface area (Å²) in [6.07, 6.45) is 0. The Morgan fingerprint density at radius 3 is 2.45 bits per heavy atom. The van der Waals surface area contributed by atoms with Crippen LogP contribution in [0.2, 0.25) is 0 Å². The van der Waals surface area contributed by atoms with Crippen LogP contribution in [0.15, 0.2) is 47.5 Å². The maximum absolute atomic E-state index is 12.2. The summed E-state index contributed by atoms with van der Waals surface area (Å²) >= 11 is 0. The molecule has 0 aliphatic rings. The van der Waals surface area contributed by atoms with Crippen molar-refractivity contribution >= 4 is 35.8 Å². The van der Waals surface area contributed by atoms with Crippen LogP contribution < -0.4 is 25.4 Å². The van der Waals surface area contributed by atoms with Crippen molar-refractivity contribution in [3.8, 4) is 11.5 Å². The molecule has 29 heavy (non-hydrogen) atoms. The number of guanidine groups is 1. The molecule has 0 aromatic heterocycles. The van der Waals surface area contributed by atoms with Crippen molar-refractivity contribution in [2.24, 2.45) is 4.99 Å². The van der Waals surface area contributed by atoms with E-state index in [9.17, 15) is 4.79 Å². The van der Waals surface area contributed by atoms with Crippen LogP contribution in [0.5, 0.6) is 11.5 Å². The maximum Gasteiger partial charge on any atom is 0.251 e. The highest BCUT2D eigenvalue weighted by Crippen LogP contribution is 2.19. The van der Waals surface area contributed by atoms with Gasteiger partial charge in [0.05, 0.1) is 14.2 Å². The zero-order valence-electron chi connectivity index (χ0n) is 17.2. The lowest BCUT2D eigenvalue weighted by atomic mass is 10.1. The van der Waals surface area contributed by atoms with E-state index < -0.39 is 0 Å². The van der Waals surface area contributed by atoms with Crippen LogP contribution in [-0.4, -0.2) is 46.2 Å². The van der Waals surface area contributed by atoms with Crippen molar-refractivity contribution in [3.63, 3.8) is 0 Å². The van der Waals surface area contributed by atoms with Gasteiger partial charge in [-0.25, -0.2) is 0 Å². The molecular weight excluding hydrogens is 483 g/mol. The van der Waals surface area contributed by atoms with Gasteiger partial charge in [0.2, 0.25) is 0 Å². The van der Waals surface area contributed by atoms with E-state index in [1.165, 1.54) is 0 Å². The lowest BCUT2D eigenvalue weighted by Crippen LogP contribution is -2.41. The van der Waals surface area contributed by atoms with Gasteiger partial charge in [-0.05, 0) is 36.8 Å². The maximum atomic E-state index is 12.2. The standard InChI is InChI=1S/C21H28N4O3.HI/c1-15-8-9-17(19(12-15)28-4)14-25-21(22-2)24-11-10-23-20(26)16-6-5-7-18(13-16)27-3;/h5-9,12-13H,10-11,14H2,1-4H3,(H,23,26)(H2,22,24,25);1H. The largest absolute Gasteiger partial charge is 0.497 e. The highest BCUT2D eigenvalue weighted by Gasteiger charge is 2.07. The van der Waals surface area contributed by atoms with Crippen molar-refractivity contribution in [1.29, 1.82) is 0 Å². The Hall–Kier alpha value is -2.49. The molecule has 0 saturated heterocycles. The van der Waals surface area contributed by atoms with Crippen LogP contribution in [0.1, 0.15) is 21.5 Å². The Balaban J connectivity index is 0.00000420. The third-order valence-corrected chi connectivity index (χ3v) is 4.15. The van der Waals surface area contributed by atoms with Crippen molar-refractivity contribution < 1.29 is 14.3 Å². The van der Waals surface area contributed by atoms with Gasteiger partial charge >= 0.3 is 0 Å². The molecule has 8 heteroatoms. The molecule has 2 aromatic rings. The lowest BCUT2D eigenvalue weighted by molar-refractivity contribution is 0.0954. The normalized spacial score (nSPS) is 10.6. The Morgan fingerprint density at radius 1 is 1.00 bits per heavy atom. The van der Waals surface area contributed by atoms with E-state index in [-0.39, 0.29) is 29.9 Å². The minimum Gasteiger partial charge on any atom is -0.497 e. The number of methoxy groups -OCH3 is 2. The fraction of sp³-hybridized carbons (Fsp3) is 0.333. The average molecular weight is 512 g/mol. The number of ether oxygens (including phenoxy) is 2. The minimum atomic E-state index is -0.145. The summed E-state index contributed by atoms with van der Waals surface area (Å²) in [7, 11) is 4.94. The number of carbonyl (C=O) groups excluding carboxylic acids is 1. The third-order valence-electron chi connectivity index (χ3n) is 4.15. The Labute approximate surface area is 189 Å². The number of benzene rings is 2. The lowest BCUT2D eigenvalue weighted by Gasteiger charge is -2.14. The molecule has 2 aromatic carbocycles. The zero-order chi connectivity index (χ0) is 20.4. The van der Waals surface area contributed by atoms with Crippen LogP contribution in [0, 0.1) is 6.92 Å². The SMILES string of the molecule is CN=C(NCCNC(=O)c1cccc(OC)c1)NCc1ccc(C)cc1OC.I. The molecule has 0 heterocycles. The molecule has 0 aliphatic carbocycles. The summed E-state index contributed by atoms with van der Waals surface area (Å²) in [4.78, 5) is 16.4. The minimum absolute atomic E-state index is 0. The monoisotopic (exact) mass is 512 g/mol. The molecule has 0 radical (unpaired) electrons. The number of hydrogen-bond acceptors (Lipinski definition) is 4. The molecule has 0 atom stereocenters. The van der Waals surface area contributed by atoms with E-state index in [0.29, 0.717) is 36.9 Å². The van der Waals surface area contributed by atoms with Gasteiger partial charge in [-0.1, -0.05) is 18.2 Å². The second kappa shape index (κ2) is 12.9. The molecule has 0 aliphatic heterocycles. The van der Waals surface area contributed by atoms with Gasteiger partial charge in [0.1, 0.15) is 11.5 Å². The van der Waals surface area contributed by atoms with Gasteiger partial charge in [0.15, 0.2) is 5.96 Å². The predicted octanol–water partition coefficient (Wildman–Crippen LogP) is 2.73. The zero-order valence-corrected chi connectivity index (χ0v) is 19.6. The molecule has 2 rings (SSSR count). The number of carbonyl (C=O) groups is 1. The molecule has 1 amide bonds. The molecule has 158 valence electrons. The van der Waals surface area contributed by atoms with E-state index in [1.807, 2.05) is 25.1 Å². The summed E-state index contributed by atoms with van der Waals surface area (Å²) in [5, 5.41) is 9.29. The predicted molar refractivity (Wildman–Crippen MR) is 127 cm³/mol. The molecule has 0 fully saturated rings. The summed E-state index contributed by atoms with van der Waals surface area (Å²) in [5.74, 6) is 2.00. The number of aryl methyl sites for hydroxylation is 1. The average Bonchev–Trinajstić information content (AvgIpc) is 2.73. The summed E-state index contributed by atoms with van der Waals surface area (Å²) in [6.45, 7) is 3.62. The number of nitrogens with one attached hydrogen (secondary N) is 3. The van der Waals surface area contributed by atoms with Gasteiger partial charge < -0.3 is 25.4 Å². The van der Waals surface area contributed by atoms with E-state index in [2.05, 4.69) is 20.9 Å². The molecule has 0 saturated carbocycles. The first-order valence-electron chi connectivity index (χ1n) is 9.07. The van der Waals surface area contributed by atoms with Crippen LogP contribution in [0.3, 0.4) is 0 Å². The second-order valence-corrected chi connectivity index (χ2v) is 6.16. The van der Waals surface area contributed by atoms with E-state index in [1.54, 1.807) is 45.5 Å². The first-order valence-corrected chi connectivity index (χ1v) is 9.07. The number of halogens is 1. The van der Waals surface area contributed by atoms with Crippen LogP contribution in [0.4, 0.5) is 0 Å². The molecule has 3 N–H and O–H groups in total. The number of hydrogen-bond donors (Lipinski definition) is 3. The first kappa shape index (κ1) is 24.5. The third kappa shape index (κ3) is 7.80. The molecule has 0 unspecified atom stereocenters. The van der Waals surface area contributed by atoms with E-state index in [0.717, 1.165) is 16.9 Å². The Morgan fingerprint density at radius 2 is 1.76 bits per heavy atom. The highest BCUT2D eigenvalue weighted by molar-refractivity contribution is 14.0. The fourth-order valence-corrected chi connectivity index (χ4v) is 2.62. The second-order valence-electron chi connectivity index (χ2n) is 6.16. The van der Waals surface area contributed by atoms with E-state index in [4.69, 9.17) is 9.47 Å². The topological polar surface area (TPSA) is 84.0 Å². The summed E-state index contributed by atoms with van der Waals surface area (Å²) < 4.78 is 10.6. The number of nitrogens with zero attached hydrogens (tertiary/aromatic N) is 1. The molecular formula is C21H29IN4O3. The number of rotatable bonds is 8. The van der Waals surface area contributed by atoms with Crippen molar-refractivity contribution in [2.45, 2.75) is 13.5 Å². The van der Waals surface area contributed by atoms with Gasteiger partial charge in [-0.3, -0.25) is 9.79 Å². The van der Waals surface area contributed by atoms with Crippen molar-refractivity contribution in [2.75, 3.05) is 34.4 Å². The highest BCUT2D eigenvalue weighted by atomic mass is 127. The first-order chi connectivity index (χ1) is 13.6. The Bertz CT molecular complexity index is 827. The molecule has 7 nitrogen and oxygen atoms in total. The summed E-state index contributed by atoms with van der Waals surface area (Å²) in [5.41, 5.74) is 2.76. The van der Waals surface area contributed by atoms with Crippen LogP contribution in [-0.2, 0) is 6.54 Å². The quantitative estimate of drug-likeness (QED) is 0.219. The summed E-state index contributed by atoms with van der Waals surface area (Å²) in [6, 6.07) is 13.1. The molecule has 0 bridgehead atoms. The number of amides is 1. The fourth-order valence-electron chi connectivity index (χ4n) is 2.62. The van der Waals surface area contributed by atoms with Crippen LogP contribution in [0.25, 0.3) is 0 Å². The van der Waals surface area contributed by atoms with Crippen molar-refractivity contribution in [3.05, 3.63) is 59.2 Å². The van der Waals surface area contributed by atoms with Crippen LogP contribution >= 0.6 is 24.0 Å². The smallest absolute Gasteiger partial charge is 0.251 e. The van der Waals surface area contributed by atoms with Crippen molar-refractivity contribution in [1.82, 2.24) is 16.0 Å². The molecule has 0 spiro atoms. The number of aliphatic imine (C=N–C) groups is 1. The van der Waals surface area contributed by atoms with Gasteiger partial charge in [-0.15, -0.1) is 24.0 Å². The van der Waals surface area contributed by atoms with Gasteiger partial charge in [0.25, 0.3) is 5.91 Å². The Kier molecular flexibility index (Phi) is 10.9. The van der Waals surface area contributed by atoms with Gasteiger partial charge in [-0.2, -0.15) is 0 Å². The van der Waals surface area contributed by atoms with E-state index >= 15 is 0 Å². The van der Waals surface area contributed by atoms with Gasteiger partial charge in [0, 0.05) is 37.8 Å².